The van der Waals surface area contributed by atoms with Crippen molar-refractivity contribution in [3.8, 4) is 0 Å². The highest BCUT2D eigenvalue weighted by Crippen LogP contribution is 2.31. The molecule has 5 nitrogen and oxygen atoms in total. The molecule has 2 heterocycles. The monoisotopic (exact) mass is 331 g/mol. The van der Waals surface area contributed by atoms with E-state index in [9.17, 15) is 14.3 Å². The van der Waals surface area contributed by atoms with Gasteiger partial charge < -0.3 is 10.0 Å². The smallest absolute Gasteiger partial charge is 0.257 e. The number of benzene rings is 1. The minimum atomic E-state index is -0.622. The van der Waals surface area contributed by atoms with Crippen molar-refractivity contribution in [1.82, 2.24) is 14.7 Å². The van der Waals surface area contributed by atoms with Crippen LogP contribution in [0, 0.1) is 18.7 Å². The van der Waals surface area contributed by atoms with Crippen LogP contribution in [-0.2, 0) is 7.05 Å². The van der Waals surface area contributed by atoms with Crippen LogP contribution >= 0.6 is 0 Å². The van der Waals surface area contributed by atoms with E-state index in [1.807, 2.05) is 18.9 Å². The van der Waals surface area contributed by atoms with Crippen LogP contribution in [0.4, 0.5) is 4.39 Å². The van der Waals surface area contributed by atoms with Gasteiger partial charge in [0.25, 0.3) is 5.91 Å². The fraction of sp³-hybridized carbons (Fsp3) is 0.444. The minimum absolute atomic E-state index is 0.00433. The molecule has 1 fully saturated rings. The third-order valence-electron chi connectivity index (χ3n) is 4.95. The zero-order chi connectivity index (χ0) is 17.3. The summed E-state index contributed by atoms with van der Waals surface area (Å²) in [6.07, 6.45) is 2.44. The Morgan fingerprint density at radius 2 is 1.92 bits per heavy atom. The van der Waals surface area contributed by atoms with Crippen LogP contribution in [0.5, 0.6) is 0 Å². The van der Waals surface area contributed by atoms with Gasteiger partial charge in [0, 0.05) is 25.8 Å². The van der Waals surface area contributed by atoms with E-state index in [1.54, 1.807) is 23.0 Å². The summed E-state index contributed by atoms with van der Waals surface area (Å²) in [5, 5.41) is 14.6. The number of aliphatic hydroxyl groups excluding tert-OH is 1. The molecule has 1 aliphatic heterocycles. The van der Waals surface area contributed by atoms with Crippen LogP contribution < -0.4 is 0 Å². The number of carbonyl (C=O) groups is 1. The van der Waals surface area contributed by atoms with Gasteiger partial charge in [-0.25, -0.2) is 4.39 Å². The summed E-state index contributed by atoms with van der Waals surface area (Å²) in [5.74, 6) is -0.233. The standard InChI is InChI=1S/C18H22FN3O2/c1-12-16(11-20-21(12)2)18(24)22-9-7-14(8-10-22)17(23)13-3-5-15(19)6-4-13/h3-6,11,14,17,23H,7-10H2,1-2H3. The average Bonchev–Trinajstić information content (AvgIpc) is 2.94. The zero-order valence-corrected chi connectivity index (χ0v) is 13.9. The van der Waals surface area contributed by atoms with Crippen molar-refractivity contribution in [2.45, 2.75) is 25.9 Å². The molecule has 1 N–H and O–H groups in total. The second-order valence-corrected chi connectivity index (χ2v) is 6.39. The van der Waals surface area contributed by atoms with Crippen LogP contribution in [0.1, 0.15) is 40.6 Å². The number of carbonyl (C=O) groups excluding carboxylic acids is 1. The molecule has 6 heteroatoms. The number of nitrogens with zero attached hydrogens (tertiary/aromatic N) is 3. The molecular weight excluding hydrogens is 309 g/mol. The quantitative estimate of drug-likeness (QED) is 0.940. The Morgan fingerprint density at radius 3 is 2.46 bits per heavy atom. The van der Waals surface area contributed by atoms with Crippen LogP contribution in [0.3, 0.4) is 0 Å². The van der Waals surface area contributed by atoms with E-state index < -0.39 is 6.10 Å². The number of piperidine rings is 1. The average molecular weight is 331 g/mol. The first kappa shape index (κ1) is 16.6. The van der Waals surface area contributed by atoms with Crippen molar-refractivity contribution in [2.75, 3.05) is 13.1 Å². The van der Waals surface area contributed by atoms with Crippen molar-refractivity contribution >= 4 is 5.91 Å². The molecule has 1 aromatic heterocycles. The lowest BCUT2D eigenvalue weighted by Crippen LogP contribution is -2.40. The Bertz CT molecular complexity index is 718. The third-order valence-corrected chi connectivity index (χ3v) is 4.95. The number of aromatic nitrogens is 2. The highest BCUT2D eigenvalue weighted by atomic mass is 19.1. The summed E-state index contributed by atoms with van der Waals surface area (Å²) in [6, 6.07) is 5.97. The molecule has 1 amide bonds. The molecule has 0 spiro atoms. The maximum absolute atomic E-state index is 13.0. The first-order chi connectivity index (χ1) is 11.5. The molecule has 0 radical (unpaired) electrons. The molecule has 3 rings (SSSR count). The third kappa shape index (κ3) is 3.19. The van der Waals surface area contributed by atoms with Gasteiger partial charge in [0.15, 0.2) is 0 Å². The number of aryl methyl sites for hydroxylation is 1. The number of rotatable bonds is 3. The van der Waals surface area contributed by atoms with Crippen molar-refractivity contribution < 1.29 is 14.3 Å². The van der Waals surface area contributed by atoms with E-state index in [0.717, 1.165) is 24.1 Å². The minimum Gasteiger partial charge on any atom is -0.388 e. The molecule has 1 aliphatic rings. The predicted molar refractivity (Wildman–Crippen MR) is 87.9 cm³/mol. The molecule has 0 saturated carbocycles. The molecule has 1 unspecified atom stereocenters. The highest BCUT2D eigenvalue weighted by Gasteiger charge is 2.29. The van der Waals surface area contributed by atoms with Crippen LogP contribution in [0.2, 0.25) is 0 Å². The summed E-state index contributed by atoms with van der Waals surface area (Å²) in [7, 11) is 1.82. The summed E-state index contributed by atoms with van der Waals surface area (Å²) >= 11 is 0. The lowest BCUT2D eigenvalue weighted by molar-refractivity contribution is 0.0461. The highest BCUT2D eigenvalue weighted by molar-refractivity contribution is 5.95. The molecule has 1 saturated heterocycles. The number of amides is 1. The largest absolute Gasteiger partial charge is 0.388 e. The van der Waals surface area contributed by atoms with Gasteiger partial charge in [-0.3, -0.25) is 9.48 Å². The van der Waals surface area contributed by atoms with E-state index in [2.05, 4.69) is 5.10 Å². The van der Waals surface area contributed by atoms with Crippen molar-refractivity contribution in [1.29, 1.82) is 0 Å². The van der Waals surface area contributed by atoms with Gasteiger partial charge in [0.2, 0.25) is 0 Å². The van der Waals surface area contributed by atoms with E-state index >= 15 is 0 Å². The van der Waals surface area contributed by atoms with Gasteiger partial charge in [-0.05, 0) is 43.4 Å². The summed E-state index contributed by atoms with van der Waals surface area (Å²) < 4.78 is 14.7. The summed E-state index contributed by atoms with van der Waals surface area (Å²) in [5.41, 5.74) is 2.22. The van der Waals surface area contributed by atoms with E-state index in [0.29, 0.717) is 18.7 Å². The Labute approximate surface area is 140 Å². The maximum Gasteiger partial charge on any atom is 0.257 e. The number of aliphatic hydroxyl groups is 1. The molecular formula is C18H22FN3O2. The van der Waals surface area contributed by atoms with Crippen LogP contribution in [-0.4, -0.2) is 38.8 Å². The normalized spacial score (nSPS) is 17.1. The Hall–Kier alpha value is -2.21. The first-order valence-corrected chi connectivity index (χ1v) is 8.18. The maximum atomic E-state index is 13.0. The topological polar surface area (TPSA) is 58.4 Å². The second-order valence-electron chi connectivity index (χ2n) is 6.39. The van der Waals surface area contributed by atoms with Crippen molar-refractivity contribution in [2.24, 2.45) is 13.0 Å². The van der Waals surface area contributed by atoms with Crippen LogP contribution in [0.25, 0.3) is 0 Å². The Balaban J connectivity index is 1.62. The van der Waals surface area contributed by atoms with Gasteiger partial charge in [-0.2, -0.15) is 5.10 Å². The molecule has 1 atom stereocenters. The van der Waals surface area contributed by atoms with E-state index in [1.165, 1.54) is 12.1 Å². The summed E-state index contributed by atoms with van der Waals surface area (Å²) in [4.78, 5) is 14.4. The molecule has 2 aromatic rings. The lowest BCUT2D eigenvalue weighted by atomic mass is 9.87. The van der Waals surface area contributed by atoms with E-state index in [4.69, 9.17) is 0 Å². The molecule has 0 aliphatic carbocycles. The lowest BCUT2D eigenvalue weighted by Gasteiger charge is -2.34. The Kier molecular flexibility index (Phi) is 4.66. The fourth-order valence-electron chi connectivity index (χ4n) is 3.23. The van der Waals surface area contributed by atoms with Crippen molar-refractivity contribution in [3.63, 3.8) is 0 Å². The number of hydrogen-bond acceptors (Lipinski definition) is 3. The fourth-order valence-corrected chi connectivity index (χ4v) is 3.23. The van der Waals surface area contributed by atoms with Crippen molar-refractivity contribution in [3.05, 3.63) is 53.1 Å². The number of likely N-dealkylation sites (tertiary alicyclic amines) is 1. The Morgan fingerprint density at radius 1 is 1.29 bits per heavy atom. The van der Waals surface area contributed by atoms with Gasteiger partial charge in [-0.1, -0.05) is 12.1 Å². The van der Waals surface area contributed by atoms with Gasteiger partial charge >= 0.3 is 0 Å². The van der Waals surface area contributed by atoms with Crippen LogP contribution in [0.15, 0.2) is 30.5 Å². The first-order valence-electron chi connectivity index (χ1n) is 8.18. The van der Waals surface area contributed by atoms with E-state index in [-0.39, 0.29) is 17.6 Å². The molecule has 128 valence electrons. The zero-order valence-electron chi connectivity index (χ0n) is 13.9. The SMILES string of the molecule is Cc1c(C(=O)N2CCC(C(O)c3ccc(F)cc3)CC2)cnn1C. The number of hydrogen-bond donors (Lipinski definition) is 1. The molecule has 0 bridgehead atoms. The predicted octanol–water partition coefficient (Wildman–Crippen LogP) is 2.45. The van der Waals surface area contributed by atoms with Gasteiger partial charge in [0.1, 0.15) is 5.82 Å². The molecule has 24 heavy (non-hydrogen) atoms. The molecule has 1 aromatic carbocycles. The van der Waals surface area contributed by atoms with Gasteiger partial charge in [0.05, 0.1) is 17.9 Å². The van der Waals surface area contributed by atoms with Gasteiger partial charge in [-0.15, -0.1) is 0 Å². The number of halogens is 1. The second kappa shape index (κ2) is 6.73. The summed E-state index contributed by atoms with van der Waals surface area (Å²) in [6.45, 7) is 3.09.